The largest absolute Gasteiger partial charge is 0.481 e. The number of hydrogen-bond acceptors (Lipinski definition) is 10. The van der Waals surface area contributed by atoms with E-state index in [0.717, 1.165) is 107 Å². The first-order valence-electron chi connectivity index (χ1n) is 24.5. The summed E-state index contributed by atoms with van der Waals surface area (Å²) in [6.07, 6.45) is 14.5. The molecule has 0 aliphatic carbocycles. The Hall–Kier alpha value is -5.14. The topological polar surface area (TPSA) is 186 Å². The van der Waals surface area contributed by atoms with Crippen LogP contribution in [-0.4, -0.2) is 94.1 Å². The van der Waals surface area contributed by atoms with Crippen LogP contribution in [0.2, 0.25) is 0 Å². The fraction of sp³-hybridized carbons (Fsp3) is 0.660. The SMILES string of the molecule is CC(C)(C)OC(=O)N(CCCCCCCC(=O)O)Cc1cccc(CCCCC(=O)O)c1.CCOC(=O)CCCCc1cccc(CN(CCCCCCCC(=O)OC)C(=O)OC(C)(C)C)c1. The van der Waals surface area contributed by atoms with E-state index < -0.39 is 23.1 Å². The molecule has 67 heavy (non-hydrogen) atoms. The van der Waals surface area contributed by atoms with Gasteiger partial charge in [0.15, 0.2) is 0 Å². The normalized spacial score (nSPS) is 11.2. The number of carboxylic acid groups (broad SMARTS) is 2. The summed E-state index contributed by atoms with van der Waals surface area (Å²) in [4.78, 5) is 73.1. The lowest BCUT2D eigenvalue weighted by atomic mass is 10.0. The van der Waals surface area contributed by atoms with Gasteiger partial charge in [-0.1, -0.05) is 87.1 Å². The molecule has 2 rings (SSSR count). The van der Waals surface area contributed by atoms with E-state index in [4.69, 9.17) is 24.4 Å². The first kappa shape index (κ1) is 59.9. The Morgan fingerprint density at radius 1 is 0.493 bits per heavy atom. The maximum absolute atomic E-state index is 12.9. The molecule has 0 unspecified atom stereocenters. The van der Waals surface area contributed by atoms with Crippen molar-refractivity contribution < 1.29 is 57.9 Å². The first-order valence-corrected chi connectivity index (χ1v) is 24.5. The van der Waals surface area contributed by atoms with Crippen molar-refractivity contribution in [2.24, 2.45) is 0 Å². The number of ether oxygens (including phenoxy) is 4. The first-order chi connectivity index (χ1) is 31.7. The molecule has 378 valence electrons. The highest BCUT2D eigenvalue weighted by atomic mass is 16.6. The average molecular weight is 941 g/mol. The summed E-state index contributed by atoms with van der Waals surface area (Å²) in [6, 6.07) is 16.3. The molecule has 2 amide bonds. The molecular weight excluding hydrogens is 857 g/mol. The summed E-state index contributed by atoms with van der Waals surface area (Å²) in [5, 5.41) is 17.5. The van der Waals surface area contributed by atoms with Crippen molar-refractivity contribution in [2.75, 3.05) is 26.8 Å². The van der Waals surface area contributed by atoms with Crippen LogP contribution in [0, 0.1) is 0 Å². The second kappa shape index (κ2) is 34.2. The van der Waals surface area contributed by atoms with Gasteiger partial charge < -0.3 is 39.0 Å². The van der Waals surface area contributed by atoms with Gasteiger partial charge in [-0.2, -0.15) is 0 Å². The highest BCUT2D eigenvalue weighted by Crippen LogP contribution is 2.19. The molecule has 0 spiro atoms. The molecule has 0 aliphatic heterocycles. The minimum Gasteiger partial charge on any atom is -0.481 e. The maximum atomic E-state index is 12.9. The number of methoxy groups -OCH3 is 1. The Morgan fingerprint density at radius 3 is 1.25 bits per heavy atom. The number of carboxylic acids is 2. The molecule has 14 heteroatoms. The van der Waals surface area contributed by atoms with Gasteiger partial charge in [-0.3, -0.25) is 19.2 Å². The molecule has 0 aromatic heterocycles. The second-order valence-corrected chi connectivity index (χ2v) is 19.1. The zero-order valence-corrected chi connectivity index (χ0v) is 42.2. The maximum Gasteiger partial charge on any atom is 0.410 e. The fourth-order valence-corrected chi connectivity index (χ4v) is 7.08. The quantitative estimate of drug-likeness (QED) is 0.0414. The van der Waals surface area contributed by atoms with Gasteiger partial charge in [-0.15, -0.1) is 0 Å². The second-order valence-electron chi connectivity index (χ2n) is 19.1. The molecule has 0 saturated heterocycles. The van der Waals surface area contributed by atoms with E-state index >= 15 is 0 Å². The van der Waals surface area contributed by atoms with Crippen molar-refractivity contribution in [3.05, 3.63) is 70.8 Å². The van der Waals surface area contributed by atoms with E-state index in [1.807, 2.05) is 78.8 Å². The summed E-state index contributed by atoms with van der Waals surface area (Å²) in [5.41, 5.74) is 3.30. The third-order valence-electron chi connectivity index (χ3n) is 10.4. The standard InChI is InChI=1S/C28H45NO6.C25H39NO6/c1-6-34-26(31)19-12-11-15-23-16-14-17-24(21-23)22-29(27(32)35-28(2,3)4)20-13-9-7-8-10-18-25(30)33-5;1-25(2,3)32-24(31)26(17-10-6-4-5-7-15-22(27)28)19-21-14-11-13-20(18-21)12-8-9-16-23(29)30/h14,16-17,21H,6-13,15,18-20,22H2,1-5H3;11,13-14,18H,4-10,12,15-17,19H2,1-3H3,(H,27,28)(H,29,30). The van der Waals surface area contributed by atoms with E-state index in [0.29, 0.717) is 58.5 Å². The van der Waals surface area contributed by atoms with Gasteiger partial charge in [0.05, 0.1) is 13.7 Å². The number of rotatable bonds is 31. The van der Waals surface area contributed by atoms with Gasteiger partial charge in [-0.05, 0) is 135 Å². The summed E-state index contributed by atoms with van der Waals surface area (Å²) in [5.74, 6) is -1.83. The third-order valence-corrected chi connectivity index (χ3v) is 10.4. The third kappa shape index (κ3) is 33.1. The smallest absolute Gasteiger partial charge is 0.410 e. The number of carbonyl (C=O) groups excluding carboxylic acids is 4. The Bertz CT molecular complexity index is 1750. The number of amides is 2. The van der Waals surface area contributed by atoms with Crippen molar-refractivity contribution in [1.29, 1.82) is 0 Å². The molecule has 2 aromatic rings. The van der Waals surface area contributed by atoms with Gasteiger partial charge in [0.25, 0.3) is 0 Å². The molecule has 14 nitrogen and oxygen atoms in total. The van der Waals surface area contributed by atoms with Crippen molar-refractivity contribution in [3.8, 4) is 0 Å². The minimum absolute atomic E-state index is 0.141. The Morgan fingerprint density at radius 2 is 0.851 bits per heavy atom. The lowest BCUT2D eigenvalue weighted by molar-refractivity contribution is -0.143. The van der Waals surface area contributed by atoms with E-state index in [1.54, 1.807) is 9.80 Å². The molecule has 2 N–H and O–H groups in total. The number of nitrogens with zero attached hydrogens (tertiary/aromatic N) is 2. The van der Waals surface area contributed by atoms with Gasteiger partial charge in [0, 0.05) is 51.9 Å². The fourth-order valence-electron chi connectivity index (χ4n) is 7.08. The van der Waals surface area contributed by atoms with Gasteiger partial charge in [0.2, 0.25) is 0 Å². The van der Waals surface area contributed by atoms with Crippen molar-refractivity contribution >= 4 is 36.1 Å². The zero-order valence-electron chi connectivity index (χ0n) is 42.2. The zero-order chi connectivity index (χ0) is 50.1. The van der Waals surface area contributed by atoms with Crippen LogP contribution in [0.25, 0.3) is 0 Å². The number of carbonyl (C=O) groups is 6. The highest BCUT2D eigenvalue weighted by Gasteiger charge is 2.24. The van der Waals surface area contributed by atoms with Gasteiger partial charge >= 0.3 is 36.1 Å². The number of aryl methyl sites for hydroxylation is 2. The summed E-state index contributed by atoms with van der Waals surface area (Å²) in [6.45, 7) is 15.6. The molecule has 0 radical (unpaired) electrons. The van der Waals surface area contributed by atoms with Crippen LogP contribution < -0.4 is 0 Å². The molecule has 0 aliphatic rings. The number of aliphatic carboxylic acids is 2. The monoisotopic (exact) mass is 941 g/mol. The van der Waals surface area contributed by atoms with Crippen LogP contribution in [0.4, 0.5) is 9.59 Å². The number of hydrogen-bond donors (Lipinski definition) is 2. The summed E-state index contributed by atoms with van der Waals surface area (Å²) < 4.78 is 20.9. The molecule has 0 atom stereocenters. The van der Waals surface area contributed by atoms with E-state index in [1.165, 1.54) is 12.7 Å². The van der Waals surface area contributed by atoms with Crippen LogP contribution in [0.1, 0.15) is 186 Å². The average Bonchev–Trinajstić information content (AvgIpc) is 3.24. The van der Waals surface area contributed by atoms with E-state index in [-0.39, 0.29) is 37.0 Å². The van der Waals surface area contributed by atoms with E-state index in [9.17, 15) is 28.8 Å². The van der Waals surface area contributed by atoms with Crippen LogP contribution in [0.3, 0.4) is 0 Å². The molecule has 0 bridgehead atoms. The van der Waals surface area contributed by atoms with Crippen molar-refractivity contribution in [2.45, 2.75) is 201 Å². The predicted octanol–water partition coefficient (Wildman–Crippen LogP) is 11.9. The predicted molar refractivity (Wildman–Crippen MR) is 261 cm³/mol. The van der Waals surface area contributed by atoms with Gasteiger partial charge in [0.1, 0.15) is 11.2 Å². The van der Waals surface area contributed by atoms with Crippen molar-refractivity contribution in [3.63, 3.8) is 0 Å². The Labute approximate surface area is 401 Å². The summed E-state index contributed by atoms with van der Waals surface area (Å²) >= 11 is 0. The minimum atomic E-state index is -0.770. The van der Waals surface area contributed by atoms with Crippen molar-refractivity contribution in [1.82, 2.24) is 9.80 Å². The van der Waals surface area contributed by atoms with Gasteiger partial charge in [-0.25, -0.2) is 9.59 Å². The van der Waals surface area contributed by atoms with E-state index in [2.05, 4.69) is 22.9 Å². The molecule has 2 aromatic carbocycles. The van der Waals surface area contributed by atoms with Crippen LogP contribution in [0.5, 0.6) is 0 Å². The van der Waals surface area contributed by atoms with Crippen LogP contribution >= 0.6 is 0 Å². The Kier molecular flexibility index (Phi) is 30.6. The van der Waals surface area contributed by atoms with Crippen LogP contribution in [0.15, 0.2) is 48.5 Å². The Balaban J connectivity index is 0.000000673. The molecule has 0 heterocycles. The molecular formula is C53H84N2O12. The molecule has 0 fully saturated rings. The number of benzene rings is 2. The number of esters is 2. The molecule has 0 saturated carbocycles. The lowest BCUT2D eigenvalue weighted by Gasteiger charge is -2.27. The highest BCUT2D eigenvalue weighted by molar-refractivity contribution is 5.70. The lowest BCUT2D eigenvalue weighted by Crippen LogP contribution is -2.37. The summed E-state index contributed by atoms with van der Waals surface area (Å²) in [7, 11) is 1.41. The number of unbranched alkanes of at least 4 members (excludes halogenated alkanes) is 10. The van der Waals surface area contributed by atoms with Crippen LogP contribution in [-0.2, 0) is 64.1 Å².